The van der Waals surface area contributed by atoms with E-state index >= 15 is 0 Å². The van der Waals surface area contributed by atoms with Gasteiger partial charge >= 0.3 is 12.0 Å². The van der Waals surface area contributed by atoms with E-state index in [2.05, 4.69) is 68.4 Å². The summed E-state index contributed by atoms with van der Waals surface area (Å²) >= 11 is 18.6. The Balaban J connectivity index is 0.000000143. The summed E-state index contributed by atoms with van der Waals surface area (Å²) in [5.74, 6) is 7.01. The van der Waals surface area contributed by atoms with Crippen molar-refractivity contribution in [1.82, 2.24) is 48.2 Å². The molecule has 2 N–H and O–H groups in total. The molecule has 6 aromatic rings. The quantitative estimate of drug-likeness (QED) is 0.138. The molecule has 0 spiro atoms. The fourth-order valence-corrected chi connectivity index (χ4v) is 11.1. The number of nitrogens with two attached hydrogens (primary N) is 1. The zero-order chi connectivity index (χ0) is 44.4. The number of aryl methyl sites for hydroxylation is 2. The van der Waals surface area contributed by atoms with E-state index in [-0.39, 0.29) is 12.1 Å². The Hall–Kier alpha value is -3.94. The first kappa shape index (κ1) is 45.6. The molecule has 4 aliphatic rings. The molecule has 2 aliphatic carbocycles. The Morgan fingerprint density at radius 1 is 0.667 bits per heavy atom. The molecule has 0 radical (unpaired) electrons. The van der Waals surface area contributed by atoms with E-state index in [9.17, 15) is 0 Å². The van der Waals surface area contributed by atoms with Crippen LogP contribution >= 0.6 is 62.2 Å². The molecule has 4 fully saturated rings. The number of aromatic nitrogens is 10. The number of hydrogen-bond acceptors (Lipinski definition) is 15. The highest BCUT2D eigenvalue weighted by molar-refractivity contribution is 9.10. The highest BCUT2D eigenvalue weighted by Crippen LogP contribution is 2.45. The summed E-state index contributed by atoms with van der Waals surface area (Å²) in [6.45, 7) is 16.3. The largest absolute Gasteiger partial charge is 0.423 e. The van der Waals surface area contributed by atoms with Gasteiger partial charge < -0.3 is 25.0 Å². The van der Waals surface area contributed by atoms with E-state index in [1.807, 2.05) is 68.8 Å². The van der Waals surface area contributed by atoms with Gasteiger partial charge in [0.25, 0.3) is 0 Å². The van der Waals surface area contributed by atoms with E-state index in [0.29, 0.717) is 73.9 Å². The lowest BCUT2D eigenvalue weighted by molar-refractivity contribution is 0.265. The van der Waals surface area contributed by atoms with E-state index in [4.69, 9.17) is 48.5 Å². The first-order valence-corrected chi connectivity index (χ1v) is 24.7. The summed E-state index contributed by atoms with van der Waals surface area (Å²) in [6.07, 6.45) is 5.99. The van der Waals surface area contributed by atoms with E-state index in [1.54, 1.807) is 16.8 Å². The summed E-state index contributed by atoms with van der Waals surface area (Å²) in [5.41, 5.74) is 6.17. The lowest BCUT2D eigenvalue weighted by Gasteiger charge is -2.37. The molecule has 4 aromatic heterocycles. The molecular weight excluding hydrogens is 946 g/mol. The molecule has 15 nitrogen and oxygen atoms in total. The van der Waals surface area contributed by atoms with Crippen LogP contribution in [-0.4, -0.2) is 80.5 Å². The third-order valence-corrected chi connectivity index (χ3v) is 14.9. The second-order valence-electron chi connectivity index (χ2n) is 17.3. The van der Waals surface area contributed by atoms with E-state index in [0.717, 1.165) is 60.3 Å². The third kappa shape index (κ3) is 10.8. The van der Waals surface area contributed by atoms with Gasteiger partial charge in [0.05, 0.1) is 22.1 Å². The number of hydrogen-bond donors (Lipinski definition) is 1. The van der Waals surface area contributed by atoms with Gasteiger partial charge in [0.2, 0.25) is 15.0 Å². The maximum absolute atomic E-state index is 6.28. The standard InChI is InChI=1S/C22H27ClN6OS.C11H11BrClN3O.C10H16N4S/c1-13(2)29-21(30-19-7-5-4-6-18(19)23)25-20(26-29)10-17-15-8-9-16(17)12-28(11-15)22-24-14(3)27-31-22;1-7(2)16-11(14-10(12)15-16)17-9-6-4-3-5-8(9)13;1-6-12-10(15-13-6)14-4-7-2-3-8(5-14)9(7)11/h4-7,13,15-17H,8-12H2,1-3H3;3-7H,1-2H3;7-9H,2-5,11H2,1H3. The molecule has 4 unspecified atom stereocenters. The fraction of sp³-hybridized carbons (Fsp3) is 0.535. The number of anilines is 2. The summed E-state index contributed by atoms with van der Waals surface area (Å²) in [4.78, 5) is 22.8. The van der Waals surface area contributed by atoms with Gasteiger partial charge in [0.1, 0.15) is 23.1 Å². The Kier molecular flexibility index (Phi) is 14.5. The van der Waals surface area contributed by atoms with Crippen molar-refractivity contribution in [2.45, 2.75) is 91.8 Å². The third-order valence-electron chi connectivity index (χ3n) is 12.2. The Bertz CT molecular complexity index is 2430. The summed E-state index contributed by atoms with van der Waals surface area (Å²) in [6, 6.07) is 16.4. The minimum Gasteiger partial charge on any atom is -0.423 e. The monoisotopic (exact) mass is 997 g/mol. The van der Waals surface area contributed by atoms with Gasteiger partial charge in [0, 0.05) is 61.7 Å². The van der Waals surface area contributed by atoms with Crippen LogP contribution in [0.1, 0.15) is 82.9 Å². The highest BCUT2D eigenvalue weighted by atomic mass is 79.9. The van der Waals surface area contributed by atoms with Crippen molar-refractivity contribution in [1.29, 1.82) is 0 Å². The van der Waals surface area contributed by atoms with Gasteiger partial charge in [-0.25, -0.2) is 19.3 Å². The van der Waals surface area contributed by atoms with Crippen molar-refractivity contribution >= 4 is 72.5 Å². The van der Waals surface area contributed by atoms with Gasteiger partial charge in [-0.1, -0.05) is 47.5 Å². The van der Waals surface area contributed by atoms with Crippen LogP contribution in [0.2, 0.25) is 10.0 Å². The molecule has 0 amide bonds. The summed E-state index contributed by atoms with van der Waals surface area (Å²) in [5, 5.41) is 12.3. The number of piperidine rings is 2. The molecule has 2 saturated heterocycles. The Morgan fingerprint density at radius 2 is 1.11 bits per heavy atom. The number of ether oxygens (including phenoxy) is 2. The second-order valence-corrected chi connectivity index (χ2v) is 20.3. The number of fused-ring (bicyclic) bond motifs is 4. The van der Waals surface area contributed by atoms with Crippen LogP contribution in [0, 0.1) is 43.4 Å². The fourth-order valence-electron chi connectivity index (χ4n) is 9.07. The minimum absolute atomic E-state index is 0.151. The predicted octanol–water partition coefficient (Wildman–Crippen LogP) is 10.3. The predicted molar refractivity (Wildman–Crippen MR) is 253 cm³/mol. The van der Waals surface area contributed by atoms with E-state index < -0.39 is 0 Å². The van der Waals surface area contributed by atoms with Crippen molar-refractivity contribution in [2.24, 2.45) is 35.3 Å². The molecule has 2 aromatic carbocycles. The lowest BCUT2D eigenvalue weighted by Crippen LogP contribution is -2.48. The number of para-hydroxylation sites is 2. The van der Waals surface area contributed by atoms with Crippen molar-refractivity contribution in [3.63, 3.8) is 0 Å². The van der Waals surface area contributed by atoms with Crippen LogP contribution < -0.4 is 25.0 Å². The van der Waals surface area contributed by atoms with Gasteiger partial charge in [-0.2, -0.15) is 23.8 Å². The minimum atomic E-state index is 0.151. The number of nitrogens with zero attached hydrogens (tertiary/aromatic N) is 12. The van der Waals surface area contributed by atoms with Gasteiger partial charge in [-0.15, -0.1) is 5.10 Å². The number of rotatable bonds is 10. The first-order chi connectivity index (χ1) is 30.3. The zero-order valence-corrected chi connectivity index (χ0v) is 41.0. The van der Waals surface area contributed by atoms with Crippen molar-refractivity contribution < 1.29 is 9.47 Å². The van der Waals surface area contributed by atoms with Crippen LogP contribution in [0.3, 0.4) is 0 Å². The second kappa shape index (κ2) is 20.1. The normalized spacial score (nSPS) is 22.5. The molecule has 10 rings (SSSR count). The van der Waals surface area contributed by atoms with Gasteiger partial charge in [0.15, 0.2) is 5.82 Å². The maximum Gasteiger partial charge on any atom is 0.321 e. The molecule has 20 heteroatoms. The molecule has 2 saturated carbocycles. The van der Waals surface area contributed by atoms with Crippen molar-refractivity contribution in [3.8, 4) is 23.5 Å². The van der Waals surface area contributed by atoms with Gasteiger partial charge in [-0.05, 0) is 137 Å². The Labute approximate surface area is 395 Å². The number of halogens is 3. The average molecular weight is 1000 g/mol. The SMILES string of the molecule is CC(C)n1nc(Br)nc1Oc1ccccc1Cl.Cc1nsc(N2CC3CCC(C2)C3Cc2nc(Oc3ccccc3Cl)n(C(C)C)n2)n1.Cc1nsc(N2CC3CCC(C2)C3N)n1. The van der Waals surface area contributed by atoms with Crippen LogP contribution in [0.25, 0.3) is 0 Å². The highest BCUT2D eigenvalue weighted by Gasteiger charge is 2.43. The van der Waals surface area contributed by atoms with Crippen LogP contribution in [0.15, 0.2) is 53.3 Å². The first-order valence-electron chi connectivity index (χ1n) is 21.6. The van der Waals surface area contributed by atoms with Crippen molar-refractivity contribution in [3.05, 3.63) is 80.8 Å². The van der Waals surface area contributed by atoms with Crippen molar-refractivity contribution in [2.75, 3.05) is 36.0 Å². The molecule has 336 valence electrons. The molecule has 6 heterocycles. The molecular formula is C43H54BrCl2N13O2S2. The molecule has 2 aliphatic heterocycles. The van der Waals surface area contributed by atoms with Crippen LogP contribution in [-0.2, 0) is 6.42 Å². The van der Waals surface area contributed by atoms with Crippen LogP contribution in [0.4, 0.5) is 10.3 Å². The van der Waals surface area contributed by atoms with E-state index in [1.165, 1.54) is 48.7 Å². The molecule has 4 bridgehead atoms. The molecule has 63 heavy (non-hydrogen) atoms. The summed E-state index contributed by atoms with van der Waals surface area (Å²) < 4.78 is 24.3. The average Bonchev–Trinajstić information content (AvgIpc) is 4.11. The lowest BCUT2D eigenvalue weighted by atomic mass is 9.82. The maximum atomic E-state index is 6.28. The number of benzene rings is 2. The zero-order valence-electron chi connectivity index (χ0n) is 36.3. The topological polar surface area (TPSA) is 164 Å². The Morgan fingerprint density at radius 3 is 1.57 bits per heavy atom. The molecule has 4 atom stereocenters. The van der Waals surface area contributed by atoms with Gasteiger partial charge in [-0.3, -0.25) is 0 Å². The van der Waals surface area contributed by atoms with Crippen LogP contribution in [0.5, 0.6) is 23.5 Å². The summed E-state index contributed by atoms with van der Waals surface area (Å²) in [7, 11) is 0. The smallest absolute Gasteiger partial charge is 0.321 e.